The Bertz CT molecular complexity index is 344. The Kier molecular flexibility index (Phi) is 3.79. The maximum Gasteiger partial charge on any atom is 0.0570 e. The second-order valence-corrected chi connectivity index (χ2v) is 5.33. The van der Waals surface area contributed by atoms with Gasteiger partial charge in [0, 0.05) is 24.3 Å². The summed E-state index contributed by atoms with van der Waals surface area (Å²) in [5.41, 5.74) is 1.50. The van der Waals surface area contributed by atoms with Crippen LogP contribution in [-0.2, 0) is 0 Å². The predicted octanol–water partition coefficient (Wildman–Crippen LogP) is 2.22. The first-order valence-electron chi connectivity index (χ1n) is 6.46. The molecule has 0 saturated heterocycles. The number of rotatable bonds is 5. The second-order valence-electron chi connectivity index (χ2n) is 5.33. The molecule has 0 aromatic carbocycles. The minimum absolute atomic E-state index is 0.327. The van der Waals surface area contributed by atoms with Crippen LogP contribution in [-0.4, -0.2) is 36.1 Å². The highest BCUT2D eigenvalue weighted by Gasteiger charge is 2.38. The third-order valence-electron chi connectivity index (χ3n) is 4.10. The maximum atomic E-state index is 4.39. The molecule has 1 atom stereocenters. The van der Waals surface area contributed by atoms with E-state index in [4.69, 9.17) is 0 Å². The molecule has 3 nitrogen and oxygen atoms in total. The Morgan fingerprint density at radius 2 is 2.18 bits per heavy atom. The van der Waals surface area contributed by atoms with Gasteiger partial charge in [0.05, 0.1) is 5.69 Å². The van der Waals surface area contributed by atoms with Crippen molar-refractivity contribution in [2.24, 2.45) is 0 Å². The lowest BCUT2D eigenvalue weighted by molar-refractivity contribution is 0.0575. The number of hydrogen-bond acceptors (Lipinski definition) is 3. The van der Waals surface area contributed by atoms with Gasteiger partial charge in [0.1, 0.15) is 0 Å². The molecule has 1 aromatic rings. The molecule has 1 aromatic heterocycles. The van der Waals surface area contributed by atoms with E-state index in [1.165, 1.54) is 19.3 Å². The third kappa shape index (κ3) is 2.67. The number of aromatic nitrogens is 1. The van der Waals surface area contributed by atoms with Crippen molar-refractivity contribution in [1.29, 1.82) is 0 Å². The Morgan fingerprint density at radius 1 is 1.41 bits per heavy atom. The van der Waals surface area contributed by atoms with Gasteiger partial charge in [0.2, 0.25) is 0 Å². The Hall–Kier alpha value is -0.930. The van der Waals surface area contributed by atoms with Gasteiger partial charge in [0.25, 0.3) is 0 Å². The van der Waals surface area contributed by atoms with Gasteiger partial charge in [-0.25, -0.2) is 0 Å². The third-order valence-corrected chi connectivity index (χ3v) is 4.10. The minimum Gasteiger partial charge on any atom is -0.307 e. The van der Waals surface area contributed by atoms with Crippen molar-refractivity contribution in [3.05, 3.63) is 30.1 Å². The highest BCUT2D eigenvalue weighted by molar-refractivity contribution is 5.08. The van der Waals surface area contributed by atoms with Gasteiger partial charge in [-0.2, -0.15) is 0 Å². The molecule has 1 N–H and O–H groups in total. The van der Waals surface area contributed by atoms with Gasteiger partial charge in [-0.1, -0.05) is 6.07 Å². The number of likely N-dealkylation sites (N-methyl/N-ethyl adjacent to an activating group) is 1. The Morgan fingerprint density at radius 3 is 2.65 bits per heavy atom. The topological polar surface area (TPSA) is 28.2 Å². The van der Waals surface area contributed by atoms with E-state index < -0.39 is 0 Å². The molecular formula is C14H23N3. The van der Waals surface area contributed by atoms with Crippen LogP contribution in [0.5, 0.6) is 0 Å². The molecule has 1 fully saturated rings. The molecule has 17 heavy (non-hydrogen) atoms. The van der Waals surface area contributed by atoms with E-state index in [1.807, 2.05) is 18.3 Å². The van der Waals surface area contributed by atoms with Gasteiger partial charge in [-0.05, 0) is 52.4 Å². The molecule has 1 unspecified atom stereocenters. The smallest absolute Gasteiger partial charge is 0.0570 e. The molecule has 0 radical (unpaired) electrons. The summed E-state index contributed by atoms with van der Waals surface area (Å²) in [6.45, 7) is 3.24. The van der Waals surface area contributed by atoms with Crippen molar-refractivity contribution in [3.63, 3.8) is 0 Å². The first kappa shape index (κ1) is 12.5. The van der Waals surface area contributed by atoms with E-state index >= 15 is 0 Å². The Labute approximate surface area is 104 Å². The van der Waals surface area contributed by atoms with Crippen LogP contribution >= 0.6 is 0 Å². The van der Waals surface area contributed by atoms with Gasteiger partial charge < -0.3 is 10.2 Å². The zero-order chi connectivity index (χ0) is 12.3. The summed E-state index contributed by atoms with van der Waals surface area (Å²) in [5, 5.41) is 3.62. The summed E-state index contributed by atoms with van der Waals surface area (Å²) in [5.74, 6) is 0. The molecular weight excluding hydrogens is 210 g/mol. The lowest BCUT2D eigenvalue weighted by Gasteiger charge is -2.48. The fourth-order valence-electron chi connectivity index (χ4n) is 2.45. The molecule has 2 rings (SSSR count). The van der Waals surface area contributed by atoms with Gasteiger partial charge in [-0.3, -0.25) is 4.98 Å². The molecule has 1 saturated carbocycles. The normalized spacial score (nSPS) is 20.0. The highest BCUT2D eigenvalue weighted by atomic mass is 15.2. The average molecular weight is 233 g/mol. The van der Waals surface area contributed by atoms with Gasteiger partial charge >= 0.3 is 0 Å². The molecule has 0 amide bonds. The van der Waals surface area contributed by atoms with Crippen molar-refractivity contribution in [2.75, 3.05) is 20.6 Å². The van der Waals surface area contributed by atoms with E-state index in [0.29, 0.717) is 11.6 Å². The minimum atomic E-state index is 0.327. The van der Waals surface area contributed by atoms with Crippen LogP contribution in [0, 0.1) is 0 Å². The molecule has 0 bridgehead atoms. The summed E-state index contributed by atoms with van der Waals surface area (Å²) in [6, 6.07) is 6.42. The van der Waals surface area contributed by atoms with E-state index in [0.717, 1.165) is 12.2 Å². The van der Waals surface area contributed by atoms with Crippen LogP contribution < -0.4 is 5.32 Å². The largest absolute Gasteiger partial charge is 0.307 e. The van der Waals surface area contributed by atoms with E-state index in [2.05, 4.69) is 42.3 Å². The van der Waals surface area contributed by atoms with Gasteiger partial charge in [-0.15, -0.1) is 0 Å². The number of hydrogen-bond donors (Lipinski definition) is 1. The van der Waals surface area contributed by atoms with Crippen molar-refractivity contribution in [3.8, 4) is 0 Å². The zero-order valence-corrected chi connectivity index (χ0v) is 11.1. The van der Waals surface area contributed by atoms with Crippen molar-refractivity contribution < 1.29 is 0 Å². The maximum absolute atomic E-state index is 4.39. The first-order chi connectivity index (χ1) is 8.14. The van der Waals surface area contributed by atoms with Crippen LogP contribution in [0.15, 0.2) is 24.4 Å². The molecule has 1 aliphatic rings. The first-order valence-corrected chi connectivity index (χ1v) is 6.46. The van der Waals surface area contributed by atoms with Crippen molar-refractivity contribution in [1.82, 2.24) is 15.2 Å². The summed E-state index contributed by atoms with van der Waals surface area (Å²) < 4.78 is 0. The van der Waals surface area contributed by atoms with Crippen LogP contribution in [0.25, 0.3) is 0 Å². The van der Waals surface area contributed by atoms with Crippen molar-refractivity contribution in [2.45, 2.75) is 37.8 Å². The predicted molar refractivity (Wildman–Crippen MR) is 70.9 cm³/mol. The summed E-state index contributed by atoms with van der Waals surface area (Å²) in [4.78, 5) is 6.76. The quantitative estimate of drug-likeness (QED) is 0.845. The van der Waals surface area contributed by atoms with Crippen LogP contribution in [0.1, 0.15) is 37.9 Å². The standard InChI is InChI=1S/C14H23N3/c1-12(13-7-4-5-10-15-13)16-11-14(17(2)3)8-6-9-14/h4-5,7,10,12,16H,6,8-9,11H2,1-3H3. The highest BCUT2D eigenvalue weighted by Crippen LogP contribution is 2.35. The molecule has 1 heterocycles. The summed E-state index contributed by atoms with van der Waals surface area (Å²) in [6.07, 6.45) is 5.83. The molecule has 94 valence electrons. The SMILES string of the molecule is CC(NCC1(N(C)C)CCC1)c1ccccn1. The lowest BCUT2D eigenvalue weighted by Crippen LogP contribution is -2.56. The lowest BCUT2D eigenvalue weighted by atomic mass is 9.75. The van der Waals surface area contributed by atoms with E-state index in [9.17, 15) is 0 Å². The van der Waals surface area contributed by atoms with Crippen LogP contribution in [0.4, 0.5) is 0 Å². The fraction of sp³-hybridized carbons (Fsp3) is 0.643. The van der Waals surface area contributed by atoms with Gasteiger partial charge in [0.15, 0.2) is 0 Å². The number of nitrogens with one attached hydrogen (secondary N) is 1. The Balaban J connectivity index is 1.90. The summed E-state index contributed by atoms with van der Waals surface area (Å²) >= 11 is 0. The second kappa shape index (κ2) is 5.15. The zero-order valence-electron chi connectivity index (χ0n) is 11.1. The molecule has 0 spiro atoms. The molecule has 1 aliphatic carbocycles. The fourth-order valence-corrected chi connectivity index (χ4v) is 2.45. The number of nitrogens with zero attached hydrogens (tertiary/aromatic N) is 2. The monoisotopic (exact) mass is 233 g/mol. The van der Waals surface area contributed by atoms with Crippen LogP contribution in [0.2, 0.25) is 0 Å². The van der Waals surface area contributed by atoms with E-state index in [1.54, 1.807) is 0 Å². The van der Waals surface area contributed by atoms with Crippen LogP contribution in [0.3, 0.4) is 0 Å². The number of pyridine rings is 1. The molecule has 0 aliphatic heterocycles. The molecule has 3 heteroatoms. The average Bonchev–Trinajstić information content (AvgIpc) is 2.28. The van der Waals surface area contributed by atoms with E-state index in [-0.39, 0.29) is 0 Å². The van der Waals surface area contributed by atoms with Crippen molar-refractivity contribution >= 4 is 0 Å². The summed E-state index contributed by atoms with van der Waals surface area (Å²) in [7, 11) is 4.37.